The summed E-state index contributed by atoms with van der Waals surface area (Å²) in [4.78, 5) is 11.9. The van der Waals surface area contributed by atoms with Gasteiger partial charge in [0.2, 0.25) is 0 Å². The summed E-state index contributed by atoms with van der Waals surface area (Å²) in [6.45, 7) is 18.2. The van der Waals surface area contributed by atoms with Crippen molar-refractivity contribution in [2.24, 2.45) is 45.8 Å². The molecule has 0 aromatic heterocycles. The lowest BCUT2D eigenvalue weighted by Crippen LogP contribution is -2.61. The Morgan fingerprint density at radius 3 is 2.21 bits per heavy atom. The number of carboxylic acid groups (broad SMARTS) is 1. The van der Waals surface area contributed by atoms with Crippen LogP contribution >= 0.6 is 0 Å². The quantitative estimate of drug-likeness (QED) is 0.454. The van der Waals surface area contributed by atoms with E-state index in [9.17, 15) is 15.0 Å². The first-order valence-electron chi connectivity index (χ1n) is 14.0. The van der Waals surface area contributed by atoms with Crippen molar-refractivity contribution in [2.75, 3.05) is 0 Å². The standard InChI is InChI=1S/C30H48O4/c1-18-19(25(31)32)10-14-27(4)20(18)11-16-29(6)23(27)9-8-21-22(12-15-28(21,29)5)30(7)17-13-24(34-30)26(2,3)33/h19-24,33H,1,8-17H2,2-7H3,(H,31,32)/t19-,20+,21-,22+,23-,24+,27+,28-,29-,30+/m1/s1. The van der Waals surface area contributed by atoms with Crippen LogP contribution < -0.4 is 0 Å². The number of ether oxygens (including phenoxy) is 1. The van der Waals surface area contributed by atoms with E-state index in [4.69, 9.17) is 4.74 Å². The van der Waals surface area contributed by atoms with Crippen molar-refractivity contribution in [1.82, 2.24) is 0 Å². The molecule has 5 rings (SSSR count). The van der Waals surface area contributed by atoms with Crippen molar-refractivity contribution in [3.8, 4) is 0 Å². The molecule has 0 spiro atoms. The number of carboxylic acids is 1. The molecule has 0 radical (unpaired) electrons. The van der Waals surface area contributed by atoms with Crippen LogP contribution in [0.2, 0.25) is 0 Å². The molecule has 0 aromatic rings. The molecule has 5 fully saturated rings. The lowest BCUT2D eigenvalue weighted by molar-refractivity contribution is -0.192. The first-order valence-corrected chi connectivity index (χ1v) is 14.0. The van der Waals surface area contributed by atoms with Gasteiger partial charge in [-0.15, -0.1) is 0 Å². The topological polar surface area (TPSA) is 66.8 Å². The molecule has 1 heterocycles. The Morgan fingerprint density at radius 1 is 0.912 bits per heavy atom. The van der Waals surface area contributed by atoms with Crippen molar-refractivity contribution in [2.45, 2.75) is 123 Å². The highest BCUT2D eigenvalue weighted by atomic mass is 16.5. The predicted molar refractivity (Wildman–Crippen MR) is 134 cm³/mol. The molecule has 192 valence electrons. The summed E-state index contributed by atoms with van der Waals surface area (Å²) < 4.78 is 6.70. The van der Waals surface area contributed by atoms with Crippen LogP contribution in [0.3, 0.4) is 0 Å². The van der Waals surface area contributed by atoms with Crippen LogP contribution in [0.4, 0.5) is 0 Å². The number of aliphatic hydroxyl groups is 1. The Hall–Kier alpha value is -0.870. The molecule has 4 aliphatic carbocycles. The lowest BCUT2D eigenvalue weighted by atomic mass is 9.37. The van der Waals surface area contributed by atoms with E-state index in [0.717, 1.165) is 37.7 Å². The summed E-state index contributed by atoms with van der Waals surface area (Å²) >= 11 is 0. The van der Waals surface area contributed by atoms with Crippen LogP contribution in [0, 0.1) is 45.8 Å². The summed E-state index contributed by atoms with van der Waals surface area (Å²) in [5, 5.41) is 20.4. The third-order valence-corrected chi connectivity index (χ3v) is 12.7. The molecule has 1 saturated heterocycles. The normalized spacial score (nSPS) is 53.2. The third-order valence-electron chi connectivity index (χ3n) is 12.7. The second-order valence-electron chi connectivity index (χ2n) is 14.4. The van der Waals surface area contributed by atoms with E-state index in [-0.39, 0.29) is 28.5 Å². The van der Waals surface area contributed by atoms with Gasteiger partial charge in [0.15, 0.2) is 0 Å². The predicted octanol–water partition coefficient (Wildman–Crippen LogP) is 6.61. The largest absolute Gasteiger partial charge is 0.481 e. The molecule has 0 unspecified atom stereocenters. The average Bonchev–Trinajstić information content (AvgIpc) is 3.30. The van der Waals surface area contributed by atoms with Gasteiger partial charge >= 0.3 is 5.97 Å². The van der Waals surface area contributed by atoms with E-state index in [2.05, 4.69) is 34.3 Å². The number of aliphatic carboxylic acids is 1. The second kappa shape index (κ2) is 7.57. The highest BCUT2D eigenvalue weighted by molar-refractivity contribution is 5.74. The zero-order valence-corrected chi connectivity index (χ0v) is 22.5. The number of hydrogen-bond acceptors (Lipinski definition) is 3. The van der Waals surface area contributed by atoms with Crippen LogP contribution in [0.15, 0.2) is 12.2 Å². The number of rotatable bonds is 3. The zero-order chi connectivity index (χ0) is 24.9. The number of fused-ring (bicyclic) bond motifs is 5. The van der Waals surface area contributed by atoms with Gasteiger partial charge in [0, 0.05) is 0 Å². The van der Waals surface area contributed by atoms with E-state index in [1.165, 1.54) is 32.1 Å². The van der Waals surface area contributed by atoms with Crippen LogP contribution in [0.25, 0.3) is 0 Å². The molecule has 4 heteroatoms. The minimum absolute atomic E-state index is 0.0685. The molecule has 4 nitrogen and oxygen atoms in total. The van der Waals surface area contributed by atoms with Crippen LogP contribution in [0.5, 0.6) is 0 Å². The Balaban J connectivity index is 1.42. The van der Waals surface area contributed by atoms with Crippen molar-refractivity contribution in [1.29, 1.82) is 0 Å². The smallest absolute Gasteiger partial charge is 0.310 e. The molecular formula is C30H48O4. The maximum absolute atomic E-state index is 11.9. The fourth-order valence-corrected chi connectivity index (χ4v) is 10.6. The third kappa shape index (κ3) is 3.19. The molecular weight excluding hydrogens is 424 g/mol. The number of hydrogen-bond donors (Lipinski definition) is 2. The summed E-state index contributed by atoms with van der Waals surface area (Å²) in [7, 11) is 0. The zero-order valence-electron chi connectivity index (χ0n) is 22.5. The molecule has 2 N–H and O–H groups in total. The minimum atomic E-state index is -0.784. The van der Waals surface area contributed by atoms with Gasteiger partial charge in [-0.05, 0) is 125 Å². The second-order valence-corrected chi connectivity index (χ2v) is 14.4. The molecule has 0 bridgehead atoms. The van der Waals surface area contributed by atoms with Gasteiger partial charge in [-0.25, -0.2) is 0 Å². The maximum atomic E-state index is 11.9. The summed E-state index contributed by atoms with van der Waals surface area (Å²) in [5.41, 5.74) is 0.820. The van der Waals surface area contributed by atoms with E-state index >= 15 is 0 Å². The van der Waals surface area contributed by atoms with Gasteiger partial charge in [-0.1, -0.05) is 32.9 Å². The van der Waals surface area contributed by atoms with E-state index in [0.29, 0.717) is 29.1 Å². The average molecular weight is 473 g/mol. The Kier molecular flexibility index (Phi) is 5.52. The van der Waals surface area contributed by atoms with Gasteiger partial charge in [-0.2, -0.15) is 0 Å². The molecule has 34 heavy (non-hydrogen) atoms. The monoisotopic (exact) mass is 472 g/mol. The van der Waals surface area contributed by atoms with Gasteiger partial charge < -0.3 is 14.9 Å². The highest BCUT2D eigenvalue weighted by Gasteiger charge is 2.69. The Labute approximate surface area is 206 Å². The van der Waals surface area contributed by atoms with Crippen LogP contribution in [-0.4, -0.2) is 33.5 Å². The van der Waals surface area contributed by atoms with E-state index < -0.39 is 11.6 Å². The molecule has 4 saturated carbocycles. The van der Waals surface area contributed by atoms with Gasteiger partial charge in [0.1, 0.15) is 0 Å². The summed E-state index contributed by atoms with van der Waals surface area (Å²) in [6.07, 6.45) is 11.0. The SMILES string of the molecule is C=C1[C@H](C(=O)O)CC[C@]2(C)[C@H]3CC[C@@H]4[C@@H]([C@]5(C)CC[C@@H](C(C)(C)O)O5)CC[C@@]4(C)[C@]3(C)CC[C@@H]12. The van der Waals surface area contributed by atoms with Crippen molar-refractivity contribution >= 4 is 5.97 Å². The van der Waals surface area contributed by atoms with Crippen molar-refractivity contribution < 1.29 is 19.7 Å². The number of carbonyl (C=O) groups is 1. The summed E-state index contributed by atoms with van der Waals surface area (Å²) in [6, 6.07) is 0. The van der Waals surface area contributed by atoms with Crippen molar-refractivity contribution in [3.63, 3.8) is 0 Å². The van der Waals surface area contributed by atoms with Crippen LogP contribution in [-0.2, 0) is 9.53 Å². The first-order chi connectivity index (χ1) is 15.7. The Bertz CT molecular complexity index is 874. The van der Waals surface area contributed by atoms with Crippen molar-refractivity contribution in [3.05, 3.63) is 12.2 Å². The van der Waals surface area contributed by atoms with E-state index in [1.54, 1.807) is 0 Å². The molecule has 0 aromatic carbocycles. The molecule has 10 atom stereocenters. The molecule has 5 aliphatic rings. The van der Waals surface area contributed by atoms with Gasteiger partial charge in [0.25, 0.3) is 0 Å². The lowest BCUT2D eigenvalue weighted by Gasteiger charge is -2.68. The first kappa shape index (κ1) is 24.8. The Morgan fingerprint density at radius 2 is 1.59 bits per heavy atom. The summed E-state index contributed by atoms with van der Waals surface area (Å²) in [5.74, 6) is 1.17. The van der Waals surface area contributed by atoms with Gasteiger partial charge in [-0.3, -0.25) is 4.79 Å². The molecule has 1 aliphatic heterocycles. The molecule has 0 amide bonds. The van der Waals surface area contributed by atoms with Gasteiger partial charge in [0.05, 0.1) is 23.2 Å². The fraction of sp³-hybridized carbons (Fsp3) is 0.900. The highest BCUT2D eigenvalue weighted by Crippen LogP contribution is 2.75. The minimum Gasteiger partial charge on any atom is -0.481 e. The van der Waals surface area contributed by atoms with E-state index in [1.807, 2.05) is 13.8 Å². The van der Waals surface area contributed by atoms with Crippen LogP contribution in [0.1, 0.15) is 106 Å². The fourth-order valence-electron chi connectivity index (χ4n) is 10.6. The maximum Gasteiger partial charge on any atom is 0.310 e.